The number of fused-ring (bicyclic) bond motifs is 1. The SMILES string of the molecule is O=C(CO)N1CC2CC2(c2ccccc2)C1. The molecule has 1 aliphatic carbocycles. The van der Waals surface area contributed by atoms with Crippen molar-refractivity contribution in [2.75, 3.05) is 19.7 Å². The first-order valence-electron chi connectivity index (χ1n) is 5.70. The summed E-state index contributed by atoms with van der Waals surface area (Å²) in [6.45, 7) is 1.23. The molecule has 0 spiro atoms. The number of nitrogens with zero attached hydrogens (tertiary/aromatic N) is 1. The Morgan fingerprint density at radius 2 is 2.19 bits per heavy atom. The lowest BCUT2D eigenvalue weighted by molar-refractivity contribution is -0.133. The maximum absolute atomic E-state index is 11.4. The molecule has 84 valence electrons. The van der Waals surface area contributed by atoms with Gasteiger partial charge in [0, 0.05) is 18.5 Å². The molecular weight excluding hydrogens is 202 g/mol. The molecule has 1 saturated carbocycles. The smallest absolute Gasteiger partial charge is 0.248 e. The van der Waals surface area contributed by atoms with Gasteiger partial charge in [0.2, 0.25) is 5.91 Å². The Balaban J connectivity index is 1.82. The summed E-state index contributed by atoms with van der Waals surface area (Å²) in [5.41, 5.74) is 1.54. The Bertz CT molecular complexity index is 417. The number of rotatable bonds is 2. The molecular formula is C13H15NO2. The van der Waals surface area contributed by atoms with Gasteiger partial charge in [-0.3, -0.25) is 4.79 Å². The second kappa shape index (κ2) is 3.32. The normalized spacial score (nSPS) is 31.3. The van der Waals surface area contributed by atoms with Crippen LogP contribution in [-0.2, 0) is 10.2 Å². The lowest BCUT2D eigenvalue weighted by atomic mass is 9.95. The highest BCUT2D eigenvalue weighted by molar-refractivity contribution is 5.78. The molecule has 1 amide bonds. The van der Waals surface area contributed by atoms with E-state index in [1.165, 1.54) is 12.0 Å². The lowest BCUT2D eigenvalue weighted by Crippen LogP contribution is -2.34. The van der Waals surface area contributed by atoms with Crippen molar-refractivity contribution >= 4 is 5.91 Å². The van der Waals surface area contributed by atoms with E-state index in [9.17, 15) is 4.79 Å². The first-order chi connectivity index (χ1) is 7.76. The van der Waals surface area contributed by atoms with E-state index >= 15 is 0 Å². The summed E-state index contributed by atoms with van der Waals surface area (Å²) in [6, 6.07) is 10.4. The quantitative estimate of drug-likeness (QED) is 0.795. The van der Waals surface area contributed by atoms with E-state index in [0.717, 1.165) is 13.1 Å². The summed E-state index contributed by atoms with van der Waals surface area (Å²) < 4.78 is 0. The molecule has 1 saturated heterocycles. The molecule has 1 aromatic carbocycles. The van der Waals surface area contributed by atoms with Crippen molar-refractivity contribution in [1.29, 1.82) is 0 Å². The largest absolute Gasteiger partial charge is 0.387 e. The molecule has 2 unspecified atom stereocenters. The summed E-state index contributed by atoms with van der Waals surface area (Å²) in [5, 5.41) is 8.86. The highest BCUT2D eigenvalue weighted by atomic mass is 16.3. The van der Waals surface area contributed by atoms with Crippen LogP contribution < -0.4 is 0 Å². The number of aliphatic hydroxyl groups excluding tert-OH is 1. The van der Waals surface area contributed by atoms with Crippen LogP contribution in [0.1, 0.15) is 12.0 Å². The van der Waals surface area contributed by atoms with Crippen molar-refractivity contribution in [2.24, 2.45) is 5.92 Å². The van der Waals surface area contributed by atoms with Crippen molar-refractivity contribution in [1.82, 2.24) is 4.90 Å². The van der Waals surface area contributed by atoms with Gasteiger partial charge in [-0.1, -0.05) is 30.3 Å². The fourth-order valence-corrected chi connectivity index (χ4v) is 2.99. The summed E-state index contributed by atoms with van der Waals surface area (Å²) in [5.74, 6) is 0.466. The molecule has 1 aliphatic heterocycles. The van der Waals surface area contributed by atoms with Gasteiger partial charge >= 0.3 is 0 Å². The van der Waals surface area contributed by atoms with Gasteiger partial charge < -0.3 is 10.0 Å². The Morgan fingerprint density at radius 1 is 1.44 bits per heavy atom. The van der Waals surface area contributed by atoms with E-state index < -0.39 is 0 Å². The Hall–Kier alpha value is -1.35. The van der Waals surface area contributed by atoms with Gasteiger partial charge in [-0.2, -0.15) is 0 Å². The predicted octanol–water partition coefficient (Wildman–Crippen LogP) is 0.779. The van der Waals surface area contributed by atoms with E-state index in [2.05, 4.69) is 24.3 Å². The fraction of sp³-hybridized carbons (Fsp3) is 0.462. The van der Waals surface area contributed by atoms with Crippen molar-refractivity contribution in [3.05, 3.63) is 35.9 Å². The zero-order valence-corrected chi connectivity index (χ0v) is 9.10. The first-order valence-corrected chi connectivity index (χ1v) is 5.70. The first kappa shape index (κ1) is 9.85. The van der Waals surface area contributed by atoms with Gasteiger partial charge in [-0.15, -0.1) is 0 Å². The Morgan fingerprint density at radius 3 is 2.88 bits per heavy atom. The van der Waals surface area contributed by atoms with Gasteiger partial charge in [0.1, 0.15) is 6.61 Å². The van der Waals surface area contributed by atoms with Crippen molar-refractivity contribution < 1.29 is 9.90 Å². The molecule has 1 N–H and O–H groups in total. The second-order valence-corrected chi connectivity index (χ2v) is 4.86. The molecule has 2 aliphatic rings. The van der Waals surface area contributed by atoms with Gasteiger partial charge in [0.05, 0.1) is 0 Å². The molecule has 3 rings (SSSR count). The fourth-order valence-electron chi connectivity index (χ4n) is 2.99. The number of aliphatic hydroxyl groups is 1. The number of hydrogen-bond donors (Lipinski definition) is 1. The third kappa shape index (κ3) is 1.28. The zero-order chi connectivity index (χ0) is 11.2. The van der Waals surface area contributed by atoms with E-state index in [-0.39, 0.29) is 17.9 Å². The number of likely N-dealkylation sites (tertiary alicyclic amines) is 1. The molecule has 2 fully saturated rings. The molecule has 3 heteroatoms. The molecule has 3 nitrogen and oxygen atoms in total. The minimum atomic E-state index is -0.364. The topological polar surface area (TPSA) is 40.5 Å². The average Bonchev–Trinajstić information content (AvgIpc) is 2.92. The van der Waals surface area contributed by atoms with E-state index in [1.54, 1.807) is 4.90 Å². The third-order valence-corrected chi connectivity index (χ3v) is 3.98. The Labute approximate surface area is 94.7 Å². The maximum Gasteiger partial charge on any atom is 0.248 e. The van der Waals surface area contributed by atoms with Crippen LogP contribution in [0.4, 0.5) is 0 Å². The number of amides is 1. The molecule has 0 aromatic heterocycles. The monoisotopic (exact) mass is 217 g/mol. The molecule has 0 radical (unpaired) electrons. The minimum Gasteiger partial charge on any atom is -0.387 e. The van der Waals surface area contributed by atoms with E-state index in [1.807, 2.05) is 6.07 Å². The second-order valence-electron chi connectivity index (χ2n) is 4.86. The summed E-state index contributed by atoms with van der Waals surface area (Å²) in [7, 11) is 0. The molecule has 2 atom stereocenters. The Kier molecular flexibility index (Phi) is 2.04. The van der Waals surface area contributed by atoms with Gasteiger partial charge in [-0.25, -0.2) is 0 Å². The standard InChI is InChI=1S/C13H15NO2/c15-8-12(16)14-7-11-6-13(11,9-14)10-4-2-1-3-5-10/h1-5,11,15H,6-9H2. The van der Waals surface area contributed by atoms with E-state index in [4.69, 9.17) is 5.11 Å². The lowest BCUT2D eigenvalue weighted by Gasteiger charge is -2.20. The zero-order valence-electron chi connectivity index (χ0n) is 9.10. The number of piperidine rings is 1. The van der Waals surface area contributed by atoms with Gasteiger partial charge in [0.15, 0.2) is 0 Å². The summed E-state index contributed by atoms with van der Waals surface area (Å²) in [4.78, 5) is 13.2. The van der Waals surface area contributed by atoms with Crippen LogP contribution in [0.15, 0.2) is 30.3 Å². The molecule has 16 heavy (non-hydrogen) atoms. The van der Waals surface area contributed by atoms with Gasteiger partial charge in [-0.05, 0) is 17.9 Å². The van der Waals surface area contributed by atoms with Crippen LogP contribution in [0.2, 0.25) is 0 Å². The number of carbonyl (C=O) groups excluding carboxylic acids is 1. The summed E-state index contributed by atoms with van der Waals surface area (Å²) in [6.07, 6.45) is 1.19. The van der Waals surface area contributed by atoms with Crippen LogP contribution in [0, 0.1) is 5.92 Å². The van der Waals surface area contributed by atoms with Crippen molar-refractivity contribution in [2.45, 2.75) is 11.8 Å². The molecule has 0 bridgehead atoms. The number of benzene rings is 1. The predicted molar refractivity (Wildman–Crippen MR) is 59.9 cm³/mol. The third-order valence-electron chi connectivity index (χ3n) is 3.98. The number of hydrogen-bond acceptors (Lipinski definition) is 2. The number of carbonyl (C=O) groups is 1. The van der Waals surface area contributed by atoms with Crippen LogP contribution in [0.25, 0.3) is 0 Å². The average molecular weight is 217 g/mol. The van der Waals surface area contributed by atoms with Crippen LogP contribution >= 0.6 is 0 Å². The molecule has 1 heterocycles. The van der Waals surface area contributed by atoms with Crippen molar-refractivity contribution in [3.8, 4) is 0 Å². The van der Waals surface area contributed by atoms with Crippen LogP contribution in [0.5, 0.6) is 0 Å². The van der Waals surface area contributed by atoms with Crippen molar-refractivity contribution in [3.63, 3.8) is 0 Å². The van der Waals surface area contributed by atoms with Gasteiger partial charge in [0.25, 0.3) is 0 Å². The van der Waals surface area contributed by atoms with Crippen LogP contribution in [-0.4, -0.2) is 35.6 Å². The molecule has 1 aromatic rings. The van der Waals surface area contributed by atoms with E-state index in [0.29, 0.717) is 5.92 Å². The van der Waals surface area contributed by atoms with Crippen LogP contribution in [0.3, 0.4) is 0 Å². The highest BCUT2D eigenvalue weighted by Crippen LogP contribution is 2.58. The highest BCUT2D eigenvalue weighted by Gasteiger charge is 2.61. The summed E-state index contributed by atoms with van der Waals surface area (Å²) >= 11 is 0. The maximum atomic E-state index is 11.4. The minimum absolute atomic E-state index is 0.137.